The number of benzene rings is 1. The summed E-state index contributed by atoms with van der Waals surface area (Å²) in [5, 5.41) is 5.95. The zero-order chi connectivity index (χ0) is 16.5. The number of aromatic nitrogens is 2. The van der Waals surface area contributed by atoms with Crippen molar-refractivity contribution in [2.75, 3.05) is 6.54 Å². The zero-order valence-electron chi connectivity index (χ0n) is 12.7. The molecule has 1 saturated heterocycles. The fourth-order valence-corrected chi connectivity index (χ4v) is 3.48. The second-order valence-corrected chi connectivity index (χ2v) is 6.65. The molecule has 0 aliphatic carbocycles. The van der Waals surface area contributed by atoms with Gasteiger partial charge < -0.3 is 9.42 Å². The van der Waals surface area contributed by atoms with Gasteiger partial charge in [0.1, 0.15) is 5.82 Å². The maximum absolute atomic E-state index is 13.8. The Hall–Kier alpha value is -2.54. The van der Waals surface area contributed by atoms with E-state index in [1.807, 2.05) is 17.5 Å². The molecule has 1 aliphatic rings. The summed E-state index contributed by atoms with van der Waals surface area (Å²) in [7, 11) is 0. The molecular formula is C17H14FN3O2S. The molecule has 1 aliphatic heterocycles. The number of halogens is 1. The lowest BCUT2D eigenvalue weighted by Gasteiger charge is -2.16. The molecule has 122 valence electrons. The van der Waals surface area contributed by atoms with Crippen LogP contribution < -0.4 is 0 Å². The molecule has 1 fully saturated rings. The normalized spacial score (nSPS) is 17.6. The van der Waals surface area contributed by atoms with Crippen molar-refractivity contribution in [2.45, 2.75) is 18.9 Å². The van der Waals surface area contributed by atoms with Crippen LogP contribution in [-0.2, 0) is 11.3 Å². The summed E-state index contributed by atoms with van der Waals surface area (Å²) < 4.78 is 19.1. The number of amides is 1. The van der Waals surface area contributed by atoms with Crippen molar-refractivity contribution in [3.8, 4) is 10.8 Å². The summed E-state index contributed by atoms with van der Waals surface area (Å²) in [5.41, 5.74) is 0.513. The first-order chi connectivity index (χ1) is 11.7. The van der Waals surface area contributed by atoms with Crippen LogP contribution in [0.4, 0.5) is 4.39 Å². The van der Waals surface area contributed by atoms with E-state index in [0.717, 1.165) is 4.88 Å². The smallest absolute Gasteiger partial charge is 0.267 e. The lowest BCUT2D eigenvalue weighted by Crippen LogP contribution is -2.25. The summed E-state index contributed by atoms with van der Waals surface area (Å²) in [6, 6.07) is 10.3. The molecule has 1 amide bonds. The lowest BCUT2D eigenvalue weighted by atomic mass is 10.1. The summed E-state index contributed by atoms with van der Waals surface area (Å²) in [4.78, 5) is 19.2. The average Bonchev–Trinajstić information content (AvgIpc) is 3.30. The number of nitrogens with zero attached hydrogens (tertiary/aromatic N) is 3. The fourth-order valence-electron chi connectivity index (χ4n) is 2.83. The van der Waals surface area contributed by atoms with Gasteiger partial charge in [0.05, 0.1) is 4.88 Å². The molecule has 0 radical (unpaired) electrons. The molecule has 0 N–H and O–H groups in total. The van der Waals surface area contributed by atoms with Crippen LogP contribution in [0.3, 0.4) is 0 Å². The van der Waals surface area contributed by atoms with E-state index in [1.54, 1.807) is 23.1 Å². The Labute approximate surface area is 141 Å². The molecule has 3 heterocycles. The number of rotatable bonds is 4. The van der Waals surface area contributed by atoms with Gasteiger partial charge in [-0.05, 0) is 17.5 Å². The van der Waals surface area contributed by atoms with Crippen molar-refractivity contribution in [1.82, 2.24) is 15.0 Å². The highest BCUT2D eigenvalue weighted by Crippen LogP contribution is 2.30. The predicted molar refractivity (Wildman–Crippen MR) is 86.8 cm³/mol. The average molecular weight is 343 g/mol. The molecule has 2 aromatic heterocycles. The van der Waals surface area contributed by atoms with E-state index in [-0.39, 0.29) is 24.2 Å². The highest BCUT2D eigenvalue weighted by Gasteiger charge is 2.34. The Morgan fingerprint density at radius 2 is 2.17 bits per heavy atom. The van der Waals surface area contributed by atoms with E-state index in [2.05, 4.69) is 10.1 Å². The first-order valence-electron chi connectivity index (χ1n) is 7.59. The second kappa shape index (κ2) is 6.16. The maximum atomic E-state index is 13.8. The number of hydrogen-bond donors (Lipinski definition) is 0. The largest absolute Gasteiger partial charge is 0.337 e. The van der Waals surface area contributed by atoms with Crippen LogP contribution in [0.15, 0.2) is 46.3 Å². The Morgan fingerprint density at radius 3 is 2.96 bits per heavy atom. The number of carbonyl (C=O) groups excluding carboxylic acids is 1. The molecule has 1 aromatic carbocycles. The molecule has 0 saturated carbocycles. The van der Waals surface area contributed by atoms with Crippen molar-refractivity contribution in [2.24, 2.45) is 0 Å². The van der Waals surface area contributed by atoms with E-state index in [4.69, 9.17) is 4.52 Å². The van der Waals surface area contributed by atoms with Crippen LogP contribution >= 0.6 is 11.3 Å². The number of hydrogen-bond acceptors (Lipinski definition) is 5. The summed E-state index contributed by atoms with van der Waals surface area (Å²) in [6.07, 6.45) is 0.317. The van der Waals surface area contributed by atoms with E-state index >= 15 is 0 Å². The van der Waals surface area contributed by atoms with Gasteiger partial charge in [-0.25, -0.2) is 4.39 Å². The number of likely N-dealkylation sites (tertiary alicyclic amines) is 1. The molecule has 1 unspecified atom stereocenters. The Kier molecular flexibility index (Phi) is 3.86. The van der Waals surface area contributed by atoms with Crippen LogP contribution in [-0.4, -0.2) is 27.5 Å². The van der Waals surface area contributed by atoms with Crippen LogP contribution in [0.5, 0.6) is 0 Å². The SMILES string of the molecule is O=C1CC(c2noc(-c3cccs3)n2)CN1Cc1ccccc1F. The van der Waals surface area contributed by atoms with Gasteiger partial charge in [-0.3, -0.25) is 4.79 Å². The quantitative estimate of drug-likeness (QED) is 0.728. The topological polar surface area (TPSA) is 59.2 Å². The van der Waals surface area contributed by atoms with Crippen LogP contribution in [0.1, 0.15) is 23.7 Å². The lowest BCUT2D eigenvalue weighted by molar-refractivity contribution is -0.128. The van der Waals surface area contributed by atoms with E-state index in [9.17, 15) is 9.18 Å². The summed E-state index contributed by atoms with van der Waals surface area (Å²) >= 11 is 1.52. The van der Waals surface area contributed by atoms with Gasteiger partial charge in [0, 0.05) is 31.0 Å². The van der Waals surface area contributed by atoms with Gasteiger partial charge >= 0.3 is 0 Å². The first-order valence-corrected chi connectivity index (χ1v) is 8.47. The highest BCUT2D eigenvalue weighted by atomic mass is 32.1. The fraction of sp³-hybridized carbons (Fsp3) is 0.235. The molecule has 5 nitrogen and oxygen atoms in total. The molecule has 7 heteroatoms. The van der Waals surface area contributed by atoms with Crippen LogP contribution in [0, 0.1) is 5.82 Å². The Bertz CT molecular complexity index is 862. The van der Waals surface area contributed by atoms with Crippen molar-refractivity contribution >= 4 is 17.2 Å². The van der Waals surface area contributed by atoms with Crippen molar-refractivity contribution in [3.05, 3.63) is 59.0 Å². The van der Waals surface area contributed by atoms with E-state index < -0.39 is 0 Å². The predicted octanol–water partition coefficient (Wildman–Crippen LogP) is 3.45. The standard InChI is InChI=1S/C17H14FN3O2S/c18-13-5-2-1-4-11(13)9-21-10-12(8-15(21)22)16-19-17(23-20-16)14-6-3-7-24-14/h1-7,12H,8-10H2. The number of thiophene rings is 1. The molecular weight excluding hydrogens is 329 g/mol. The van der Waals surface area contributed by atoms with Crippen molar-refractivity contribution in [3.63, 3.8) is 0 Å². The second-order valence-electron chi connectivity index (χ2n) is 5.70. The number of carbonyl (C=O) groups is 1. The van der Waals surface area contributed by atoms with Crippen LogP contribution in [0.2, 0.25) is 0 Å². The minimum absolute atomic E-state index is 0.0225. The van der Waals surface area contributed by atoms with Crippen molar-refractivity contribution < 1.29 is 13.7 Å². The van der Waals surface area contributed by atoms with Gasteiger partial charge in [-0.2, -0.15) is 4.98 Å². The summed E-state index contributed by atoms with van der Waals surface area (Å²) in [5.74, 6) is 0.559. The van der Waals surface area contributed by atoms with Gasteiger partial charge in [0.2, 0.25) is 5.91 Å². The zero-order valence-corrected chi connectivity index (χ0v) is 13.5. The molecule has 24 heavy (non-hydrogen) atoms. The minimum Gasteiger partial charge on any atom is -0.337 e. The van der Waals surface area contributed by atoms with Crippen molar-refractivity contribution in [1.29, 1.82) is 0 Å². The Morgan fingerprint density at radius 1 is 1.29 bits per heavy atom. The monoisotopic (exact) mass is 343 g/mol. The molecule has 3 aromatic rings. The van der Waals surface area contributed by atoms with Gasteiger partial charge in [0.15, 0.2) is 5.82 Å². The minimum atomic E-state index is -0.298. The van der Waals surface area contributed by atoms with E-state index in [1.165, 1.54) is 17.4 Å². The third kappa shape index (κ3) is 2.82. The van der Waals surface area contributed by atoms with Crippen LogP contribution in [0.25, 0.3) is 10.8 Å². The highest BCUT2D eigenvalue weighted by molar-refractivity contribution is 7.13. The third-order valence-electron chi connectivity index (χ3n) is 4.07. The molecule has 0 spiro atoms. The molecule has 4 rings (SSSR count). The van der Waals surface area contributed by atoms with Gasteiger partial charge in [-0.15, -0.1) is 11.3 Å². The maximum Gasteiger partial charge on any atom is 0.267 e. The molecule has 1 atom stereocenters. The third-order valence-corrected chi connectivity index (χ3v) is 4.93. The van der Waals surface area contributed by atoms with E-state index in [0.29, 0.717) is 30.2 Å². The first kappa shape index (κ1) is 15.0. The molecule has 0 bridgehead atoms. The van der Waals surface area contributed by atoms with Gasteiger partial charge in [0.25, 0.3) is 5.89 Å². The summed E-state index contributed by atoms with van der Waals surface area (Å²) in [6.45, 7) is 0.730. The van der Waals surface area contributed by atoms with Gasteiger partial charge in [-0.1, -0.05) is 29.4 Å². The Balaban J connectivity index is 1.49.